The molecule has 0 aliphatic carbocycles. The molecule has 84 valence electrons. The Hall–Kier alpha value is -1.82. The van der Waals surface area contributed by atoms with Crippen molar-refractivity contribution < 1.29 is 8.78 Å². The molecule has 2 N–H and O–H groups in total. The van der Waals surface area contributed by atoms with Crippen LogP contribution in [0.15, 0.2) is 24.4 Å². The summed E-state index contributed by atoms with van der Waals surface area (Å²) in [6, 6.07) is 2.83. The van der Waals surface area contributed by atoms with E-state index in [-0.39, 0.29) is 11.7 Å². The second kappa shape index (κ2) is 3.97. The minimum atomic E-state index is -0.567. The molecule has 0 saturated heterocycles. The van der Waals surface area contributed by atoms with Crippen LogP contribution in [0.25, 0.3) is 5.69 Å². The lowest BCUT2D eigenvalue weighted by atomic mass is 10.2. The largest absolute Gasteiger partial charge is 0.323 e. The van der Waals surface area contributed by atoms with Crippen molar-refractivity contribution in [3.63, 3.8) is 0 Å². The first-order valence-corrected chi connectivity index (χ1v) is 4.71. The summed E-state index contributed by atoms with van der Waals surface area (Å²) in [5, 5.41) is 7.45. The molecule has 6 heteroatoms. The van der Waals surface area contributed by atoms with Crippen molar-refractivity contribution >= 4 is 0 Å². The predicted octanol–water partition coefficient (Wildman–Crippen LogP) is 1.57. The number of aromatic nitrogens is 3. The van der Waals surface area contributed by atoms with Gasteiger partial charge in [0, 0.05) is 12.1 Å². The minimum absolute atomic E-state index is 0.0133. The first-order valence-electron chi connectivity index (χ1n) is 4.71. The second-order valence-corrected chi connectivity index (χ2v) is 3.47. The third-order valence-electron chi connectivity index (χ3n) is 2.13. The van der Waals surface area contributed by atoms with Gasteiger partial charge in [0.15, 0.2) is 0 Å². The standard InChI is InChI=1S/C10H10F2N4/c1-6(13)9-5-16(15-14-9)10-4-7(11)2-3-8(10)12/h2-6H,13H2,1H3. The maximum atomic E-state index is 13.4. The molecule has 16 heavy (non-hydrogen) atoms. The Morgan fingerprint density at radius 3 is 2.75 bits per heavy atom. The third kappa shape index (κ3) is 1.92. The Morgan fingerprint density at radius 2 is 2.12 bits per heavy atom. The van der Waals surface area contributed by atoms with Gasteiger partial charge in [-0.15, -0.1) is 5.10 Å². The first-order chi connectivity index (χ1) is 7.58. The summed E-state index contributed by atoms with van der Waals surface area (Å²) in [6.07, 6.45) is 1.47. The van der Waals surface area contributed by atoms with Gasteiger partial charge in [-0.3, -0.25) is 0 Å². The fraction of sp³-hybridized carbons (Fsp3) is 0.200. The Bertz CT molecular complexity index is 507. The van der Waals surface area contributed by atoms with Crippen LogP contribution in [-0.2, 0) is 0 Å². The lowest BCUT2D eigenvalue weighted by Gasteiger charge is -2.01. The maximum absolute atomic E-state index is 13.4. The number of nitrogens with two attached hydrogens (primary N) is 1. The summed E-state index contributed by atoms with van der Waals surface area (Å²) >= 11 is 0. The molecular weight excluding hydrogens is 214 g/mol. The molecule has 0 aliphatic heterocycles. The average molecular weight is 224 g/mol. The van der Waals surface area contributed by atoms with Crippen LogP contribution in [0, 0.1) is 11.6 Å². The van der Waals surface area contributed by atoms with Gasteiger partial charge in [-0.1, -0.05) is 5.21 Å². The van der Waals surface area contributed by atoms with Gasteiger partial charge in [0.1, 0.15) is 17.3 Å². The van der Waals surface area contributed by atoms with Crippen molar-refractivity contribution in [2.75, 3.05) is 0 Å². The summed E-state index contributed by atoms with van der Waals surface area (Å²) in [5.74, 6) is -1.10. The molecule has 1 atom stereocenters. The molecule has 1 aromatic carbocycles. The van der Waals surface area contributed by atoms with E-state index in [2.05, 4.69) is 10.3 Å². The van der Waals surface area contributed by atoms with E-state index in [0.717, 1.165) is 22.9 Å². The lowest BCUT2D eigenvalue weighted by molar-refractivity contribution is 0.584. The van der Waals surface area contributed by atoms with Gasteiger partial charge in [-0.2, -0.15) is 0 Å². The van der Waals surface area contributed by atoms with Gasteiger partial charge in [0.25, 0.3) is 0 Å². The zero-order chi connectivity index (χ0) is 11.7. The van der Waals surface area contributed by atoms with Crippen LogP contribution in [0.3, 0.4) is 0 Å². The van der Waals surface area contributed by atoms with Crippen LogP contribution in [0.5, 0.6) is 0 Å². The van der Waals surface area contributed by atoms with E-state index in [9.17, 15) is 8.78 Å². The average Bonchev–Trinajstić information content (AvgIpc) is 2.70. The van der Waals surface area contributed by atoms with Crippen molar-refractivity contribution in [3.8, 4) is 5.69 Å². The van der Waals surface area contributed by atoms with Crippen molar-refractivity contribution in [1.29, 1.82) is 0 Å². The Balaban J connectivity index is 2.46. The molecule has 0 spiro atoms. The summed E-state index contributed by atoms with van der Waals surface area (Å²) in [5.41, 5.74) is 6.12. The highest BCUT2D eigenvalue weighted by atomic mass is 19.1. The molecular formula is C10H10F2N4. The number of halogens is 2. The first kappa shape index (κ1) is 10.7. The molecule has 0 bridgehead atoms. The highest BCUT2D eigenvalue weighted by Gasteiger charge is 2.10. The molecule has 0 aliphatic rings. The molecule has 1 aromatic heterocycles. The highest BCUT2D eigenvalue weighted by molar-refractivity contribution is 5.33. The summed E-state index contributed by atoms with van der Waals surface area (Å²) < 4.78 is 27.5. The molecule has 0 radical (unpaired) electrons. The van der Waals surface area contributed by atoms with Gasteiger partial charge in [0.2, 0.25) is 0 Å². The Labute approximate surface area is 90.7 Å². The smallest absolute Gasteiger partial charge is 0.149 e. The molecule has 4 nitrogen and oxygen atoms in total. The van der Waals surface area contributed by atoms with E-state index >= 15 is 0 Å². The van der Waals surface area contributed by atoms with E-state index in [1.165, 1.54) is 6.20 Å². The summed E-state index contributed by atoms with van der Waals surface area (Å²) in [7, 11) is 0. The number of benzene rings is 1. The molecule has 0 amide bonds. The van der Waals surface area contributed by atoms with Gasteiger partial charge < -0.3 is 5.73 Å². The van der Waals surface area contributed by atoms with Crippen molar-refractivity contribution in [2.45, 2.75) is 13.0 Å². The van der Waals surface area contributed by atoms with E-state index in [1.54, 1.807) is 6.92 Å². The number of nitrogens with zero attached hydrogens (tertiary/aromatic N) is 3. The predicted molar refractivity (Wildman–Crippen MR) is 53.9 cm³/mol. The van der Waals surface area contributed by atoms with Crippen LogP contribution < -0.4 is 5.73 Å². The van der Waals surface area contributed by atoms with Gasteiger partial charge in [-0.05, 0) is 19.1 Å². The van der Waals surface area contributed by atoms with Crippen LogP contribution in [-0.4, -0.2) is 15.0 Å². The Kier molecular flexibility index (Phi) is 2.66. The van der Waals surface area contributed by atoms with Gasteiger partial charge >= 0.3 is 0 Å². The molecule has 1 heterocycles. The van der Waals surface area contributed by atoms with Crippen molar-refractivity contribution in [1.82, 2.24) is 15.0 Å². The molecule has 1 unspecified atom stereocenters. The van der Waals surface area contributed by atoms with Crippen LogP contribution in [0.4, 0.5) is 8.78 Å². The SMILES string of the molecule is CC(N)c1cn(-c2cc(F)ccc2F)nn1. The normalized spacial score (nSPS) is 12.8. The number of hydrogen-bond donors (Lipinski definition) is 1. The lowest BCUT2D eigenvalue weighted by Crippen LogP contribution is -2.05. The fourth-order valence-corrected chi connectivity index (χ4v) is 1.26. The number of hydrogen-bond acceptors (Lipinski definition) is 3. The van der Waals surface area contributed by atoms with Gasteiger partial charge in [0.05, 0.1) is 11.9 Å². The quantitative estimate of drug-likeness (QED) is 0.842. The molecule has 0 saturated carbocycles. The van der Waals surface area contributed by atoms with E-state index in [0.29, 0.717) is 5.69 Å². The Morgan fingerprint density at radius 1 is 1.38 bits per heavy atom. The topological polar surface area (TPSA) is 56.7 Å². The number of rotatable bonds is 2. The van der Waals surface area contributed by atoms with Crippen LogP contribution in [0.1, 0.15) is 18.7 Å². The summed E-state index contributed by atoms with van der Waals surface area (Å²) in [4.78, 5) is 0. The van der Waals surface area contributed by atoms with E-state index < -0.39 is 11.6 Å². The van der Waals surface area contributed by atoms with E-state index in [4.69, 9.17) is 5.73 Å². The molecule has 2 aromatic rings. The fourth-order valence-electron chi connectivity index (χ4n) is 1.26. The van der Waals surface area contributed by atoms with Crippen LogP contribution in [0.2, 0.25) is 0 Å². The van der Waals surface area contributed by atoms with E-state index in [1.807, 2.05) is 0 Å². The third-order valence-corrected chi connectivity index (χ3v) is 2.13. The monoisotopic (exact) mass is 224 g/mol. The summed E-state index contributed by atoms with van der Waals surface area (Å²) in [6.45, 7) is 1.73. The maximum Gasteiger partial charge on any atom is 0.149 e. The second-order valence-electron chi connectivity index (χ2n) is 3.47. The molecule has 0 fully saturated rings. The minimum Gasteiger partial charge on any atom is -0.323 e. The zero-order valence-electron chi connectivity index (χ0n) is 8.56. The highest BCUT2D eigenvalue weighted by Crippen LogP contribution is 2.15. The van der Waals surface area contributed by atoms with Crippen molar-refractivity contribution in [2.24, 2.45) is 5.73 Å². The van der Waals surface area contributed by atoms with Crippen LogP contribution >= 0.6 is 0 Å². The molecule has 2 rings (SSSR count). The van der Waals surface area contributed by atoms with Crippen molar-refractivity contribution in [3.05, 3.63) is 41.7 Å². The van der Waals surface area contributed by atoms with Gasteiger partial charge in [-0.25, -0.2) is 13.5 Å². The zero-order valence-corrected chi connectivity index (χ0v) is 8.56.